The molecule has 0 aromatic heterocycles. The van der Waals surface area contributed by atoms with E-state index in [0.717, 1.165) is 37.2 Å². The van der Waals surface area contributed by atoms with Crippen molar-refractivity contribution in [2.75, 3.05) is 19.7 Å². The predicted octanol–water partition coefficient (Wildman–Crippen LogP) is 2.68. The molecule has 2 rings (SSSR count). The molecule has 21 heavy (non-hydrogen) atoms. The lowest BCUT2D eigenvalue weighted by Gasteiger charge is -2.24. The van der Waals surface area contributed by atoms with Crippen LogP contribution in [0.5, 0.6) is 5.75 Å². The number of amides is 1. The highest BCUT2D eigenvalue weighted by Gasteiger charge is 2.22. The van der Waals surface area contributed by atoms with Gasteiger partial charge in [0.25, 0.3) is 0 Å². The number of carbonyl (C=O) groups excluding carboxylic acids is 1. The van der Waals surface area contributed by atoms with E-state index in [1.54, 1.807) is 0 Å². The molecule has 1 atom stereocenters. The summed E-state index contributed by atoms with van der Waals surface area (Å²) in [4.78, 5) is 12.2. The summed E-state index contributed by atoms with van der Waals surface area (Å²) in [6, 6.07) is 7.94. The molecule has 1 aromatic rings. The maximum Gasteiger partial charge on any atom is 0.223 e. The van der Waals surface area contributed by atoms with Crippen LogP contribution in [0.15, 0.2) is 24.3 Å². The van der Waals surface area contributed by atoms with Gasteiger partial charge in [-0.05, 0) is 57.5 Å². The van der Waals surface area contributed by atoms with Crippen LogP contribution in [0.2, 0.25) is 0 Å². The summed E-state index contributed by atoms with van der Waals surface area (Å²) in [6.45, 7) is 6.51. The minimum Gasteiger partial charge on any atom is -0.494 e. The number of hydrogen-bond donors (Lipinski definition) is 2. The molecule has 1 saturated heterocycles. The van der Waals surface area contributed by atoms with Crippen LogP contribution in [0.1, 0.15) is 38.3 Å². The second kappa shape index (κ2) is 8.90. The highest BCUT2D eigenvalue weighted by atomic mass is 35.5. The summed E-state index contributed by atoms with van der Waals surface area (Å²) >= 11 is 0. The number of halogens is 1. The van der Waals surface area contributed by atoms with Crippen LogP contribution in [0.25, 0.3) is 0 Å². The molecule has 1 amide bonds. The molecule has 1 fully saturated rings. The minimum atomic E-state index is 0. The van der Waals surface area contributed by atoms with Gasteiger partial charge < -0.3 is 15.4 Å². The molecule has 118 valence electrons. The average molecular weight is 313 g/mol. The van der Waals surface area contributed by atoms with Crippen molar-refractivity contribution in [3.05, 3.63) is 29.8 Å². The van der Waals surface area contributed by atoms with Crippen LogP contribution in [0.3, 0.4) is 0 Å². The van der Waals surface area contributed by atoms with Crippen LogP contribution < -0.4 is 15.4 Å². The summed E-state index contributed by atoms with van der Waals surface area (Å²) < 4.78 is 5.50. The molecule has 4 nitrogen and oxygen atoms in total. The summed E-state index contributed by atoms with van der Waals surface area (Å²) in [5.41, 5.74) is 1.08. The zero-order chi connectivity index (χ0) is 14.4. The third-order valence-corrected chi connectivity index (χ3v) is 3.74. The molecule has 2 N–H and O–H groups in total. The summed E-state index contributed by atoms with van der Waals surface area (Å²) in [7, 11) is 0. The van der Waals surface area contributed by atoms with Gasteiger partial charge in [-0.25, -0.2) is 0 Å². The Morgan fingerprint density at radius 2 is 2.14 bits per heavy atom. The summed E-state index contributed by atoms with van der Waals surface area (Å²) in [5, 5.41) is 6.39. The lowest BCUT2D eigenvalue weighted by molar-refractivity contribution is -0.126. The van der Waals surface area contributed by atoms with Crippen LogP contribution >= 0.6 is 12.4 Å². The normalized spacial score (nSPS) is 16.7. The third kappa shape index (κ3) is 5.21. The summed E-state index contributed by atoms with van der Waals surface area (Å²) in [6.07, 6.45) is 1.86. The molecular formula is C16H25ClN2O2. The first kappa shape index (κ1) is 17.8. The maximum absolute atomic E-state index is 12.2. The monoisotopic (exact) mass is 312 g/mol. The maximum atomic E-state index is 12.2. The molecule has 0 radical (unpaired) electrons. The first-order valence-electron chi connectivity index (χ1n) is 7.44. The number of rotatable bonds is 5. The van der Waals surface area contributed by atoms with E-state index in [4.69, 9.17) is 4.74 Å². The number of hydrogen-bond acceptors (Lipinski definition) is 3. The van der Waals surface area contributed by atoms with Gasteiger partial charge in [-0.2, -0.15) is 0 Å². The molecule has 1 aliphatic rings. The van der Waals surface area contributed by atoms with Gasteiger partial charge in [0.2, 0.25) is 5.91 Å². The number of benzene rings is 1. The number of nitrogens with one attached hydrogen (secondary N) is 2. The predicted molar refractivity (Wildman–Crippen MR) is 87.0 cm³/mol. The van der Waals surface area contributed by atoms with Crippen LogP contribution in [0.4, 0.5) is 0 Å². The Bertz CT molecular complexity index is 448. The highest BCUT2D eigenvalue weighted by molar-refractivity contribution is 5.85. The quantitative estimate of drug-likeness (QED) is 0.879. The van der Waals surface area contributed by atoms with Crippen molar-refractivity contribution >= 4 is 18.3 Å². The first-order valence-corrected chi connectivity index (χ1v) is 7.44. The Kier molecular flexibility index (Phi) is 7.54. The smallest absolute Gasteiger partial charge is 0.223 e. The fraction of sp³-hybridized carbons (Fsp3) is 0.562. The van der Waals surface area contributed by atoms with Crippen molar-refractivity contribution in [3.63, 3.8) is 0 Å². The van der Waals surface area contributed by atoms with Gasteiger partial charge in [0.15, 0.2) is 0 Å². The third-order valence-electron chi connectivity index (χ3n) is 3.74. The Balaban J connectivity index is 0.00000220. The van der Waals surface area contributed by atoms with Gasteiger partial charge in [-0.15, -0.1) is 12.4 Å². The zero-order valence-electron chi connectivity index (χ0n) is 12.7. The molecule has 1 aliphatic heterocycles. The average Bonchev–Trinajstić information content (AvgIpc) is 2.48. The molecule has 0 aliphatic carbocycles. The van der Waals surface area contributed by atoms with Crippen LogP contribution in [0, 0.1) is 5.92 Å². The summed E-state index contributed by atoms with van der Waals surface area (Å²) in [5.74, 6) is 1.17. The molecule has 0 bridgehead atoms. The lowest BCUT2D eigenvalue weighted by atomic mass is 9.96. The van der Waals surface area contributed by atoms with E-state index in [9.17, 15) is 4.79 Å². The molecule has 1 heterocycles. The Labute approximate surface area is 133 Å². The van der Waals surface area contributed by atoms with Crippen molar-refractivity contribution < 1.29 is 9.53 Å². The fourth-order valence-corrected chi connectivity index (χ4v) is 2.54. The van der Waals surface area contributed by atoms with E-state index >= 15 is 0 Å². The molecule has 1 unspecified atom stereocenters. The lowest BCUT2D eigenvalue weighted by Crippen LogP contribution is -2.39. The van der Waals surface area contributed by atoms with E-state index in [0.29, 0.717) is 6.61 Å². The number of carbonyl (C=O) groups is 1. The zero-order valence-corrected chi connectivity index (χ0v) is 13.5. The van der Waals surface area contributed by atoms with E-state index in [1.165, 1.54) is 0 Å². The van der Waals surface area contributed by atoms with Gasteiger partial charge >= 0.3 is 0 Å². The Morgan fingerprint density at radius 3 is 2.81 bits per heavy atom. The van der Waals surface area contributed by atoms with Crippen molar-refractivity contribution in [1.82, 2.24) is 10.6 Å². The fourth-order valence-electron chi connectivity index (χ4n) is 2.54. The van der Waals surface area contributed by atoms with Gasteiger partial charge in [-0.1, -0.05) is 12.1 Å². The SMILES string of the molecule is CCOc1cccc(C(C)NC(=O)C2CCNCC2)c1.Cl. The van der Waals surface area contributed by atoms with Crippen molar-refractivity contribution in [2.24, 2.45) is 5.92 Å². The number of ether oxygens (including phenoxy) is 1. The largest absolute Gasteiger partial charge is 0.494 e. The molecule has 0 saturated carbocycles. The van der Waals surface area contributed by atoms with Gasteiger partial charge in [0.1, 0.15) is 5.75 Å². The molecule has 1 aromatic carbocycles. The second-order valence-electron chi connectivity index (χ2n) is 5.26. The van der Waals surface area contributed by atoms with Crippen molar-refractivity contribution in [1.29, 1.82) is 0 Å². The van der Waals surface area contributed by atoms with Gasteiger partial charge in [0, 0.05) is 5.92 Å². The molecule has 5 heteroatoms. The van der Waals surface area contributed by atoms with E-state index in [1.807, 2.05) is 38.1 Å². The standard InChI is InChI=1S/C16H24N2O2.ClH/c1-3-20-15-6-4-5-14(11-15)12(2)18-16(19)13-7-9-17-10-8-13;/h4-6,11-13,17H,3,7-10H2,1-2H3,(H,18,19);1H. The molecular weight excluding hydrogens is 288 g/mol. The molecule has 0 spiro atoms. The minimum absolute atomic E-state index is 0. The first-order chi connectivity index (χ1) is 9.70. The Hall–Kier alpha value is -1.26. The van der Waals surface area contributed by atoms with E-state index < -0.39 is 0 Å². The Morgan fingerprint density at radius 1 is 1.43 bits per heavy atom. The number of piperidine rings is 1. The van der Waals surface area contributed by atoms with Crippen LogP contribution in [-0.2, 0) is 4.79 Å². The van der Waals surface area contributed by atoms with E-state index in [-0.39, 0.29) is 30.3 Å². The van der Waals surface area contributed by atoms with Crippen LogP contribution in [-0.4, -0.2) is 25.6 Å². The van der Waals surface area contributed by atoms with Gasteiger partial charge in [-0.3, -0.25) is 4.79 Å². The second-order valence-corrected chi connectivity index (χ2v) is 5.26. The van der Waals surface area contributed by atoms with Crippen molar-refractivity contribution in [2.45, 2.75) is 32.7 Å². The topological polar surface area (TPSA) is 50.4 Å². The highest BCUT2D eigenvalue weighted by Crippen LogP contribution is 2.20. The van der Waals surface area contributed by atoms with E-state index in [2.05, 4.69) is 10.6 Å². The van der Waals surface area contributed by atoms with Gasteiger partial charge in [0.05, 0.1) is 12.6 Å². The van der Waals surface area contributed by atoms with Crippen molar-refractivity contribution in [3.8, 4) is 5.75 Å².